The van der Waals surface area contributed by atoms with Gasteiger partial charge in [0, 0.05) is 13.6 Å². The summed E-state index contributed by atoms with van der Waals surface area (Å²) in [7, 11) is 1.79. The molecule has 0 aromatic rings. The zero-order valence-electron chi connectivity index (χ0n) is 7.16. The van der Waals surface area contributed by atoms with Crippen LogP contribution in [0.5, 0.6) is 0 Å². The highest BCUT2D eigenvalue weighted by atomic mass is 16.3. The van der Waals surface area contributed by atoms with Gasteiger partial charge in [0.25, 0.3) is 0 Å². The Morgan fingerprint density at radius 1 is 1.55 bits per heavy atom. The molecule has 0 aromatic heterocycles. The maximum Gasteiger partial charge on any atom is 0.0709 e. The van der Waals surface area contributed by atoms with Gasteiger partial charge in [0.2, 0.25) is 0 Å². The first-order chi connectivity index (χ1) is 5.20. The van der Waals surface area contributed by atoms with Crippen molar-refractivity contribution in [3.8, 4) is 0 Å². The second-order valence-corrected chi connectivity index (χ2v) is 3.55. The number of aliphatic hydroxyl groups excluding tert-OH is 1. The normalized spacial score (nSPS) is 22.9. The lowest BCUT2D eigenvalue weighted by atomic mass is 10.0. The summed E-state index contributed by atoms with van der Waals surface area (Å²) >= 11 is 0. The summed E-state index contributed by atoms with van der Waals surface area (Å²) < 4.78 is 0. The number of nitrogens with zero attached hydrogens (tertiary/aromatic N) is 1. The minimum atomic E-state index is -0.215. The molecule has 3 N–H and O–H groups in total. The average Bonchev–Trinajstić information content (AvgIpc) is 2.35. The van der Waals surface area contributed by atoms with E-state index in [1.807, 2.05) is 0 Å². The van der Waals surface area contributed by atoms with Gasteiger partial charge in [-0.1, -0.05) is 12.8 Å². The first-order valence-electron chi connectivity index (χ1n) is 4.34. The van der Waals surface area contributed by atoms with Crippen molar-refractivity contribution in [1.82, 2.24) is 5.01 Å². The molecule has 66 valence electrons. The first kappa shape index (κ1) is 8.97. The molecule has 0 bridgehead atoms. The largest absolute Gasteiger partial charge is 0.391 e. The maximum absolute atomic E-state index is 9.60. The molecule has 1 fully saturated rings. The minimum absolute atomic E-state index is 0.215. The number of likely N-dealkylation sites (N-methyl/N-ethyl adjacent to an activating group) is 1. The fourth-order valence-electron chi connectivity index (χ4n) is 1.79. The van der Waals surface area contributed by atoms with Gasteiger partial charge in [-0.05, 0) is 18.8 Å². The van der Waals surface area contributed by atoms with Gasteiger partial charge < -0.3 is 5.11 Å². The molecule has 1 saturated carbocycles. The van der Waals surface area contributed by atoms with Gasteiger partial charge >= 0.3 is 0 Å². The van der Waals surface area contributed by atoms with Crippen molar-refractivity contribution in [2.75, 3.05) is 13.6 Å². The van der Waals surface area contributed by atoms with Crippen molar-refractivity contribution in [1.29, 1.82) is 0 Å². The molecule has 0 radical (unpaired) electrons. The molecule has 11 heavy (non-hydrogen) atoms. The van der Waals surface area contributed by atoms with Crippen molar-refractivity contribution in [2.45, 2.75) is 31.8 Å². The zero-order chi connectivity index (χ0) is 8.27. The second-order valence-electron chi connectivity index (χ2n) is 3.55. The SMILES string of the molecule is CN(N)CC(O)C1CCCC1. The highest BCUT2D eigenvalue weighted by Crippen LogP contribution is 2.27. The quantitative estimate of drug-likeness (QED) is 0.460. The summed E-state index contributed by atoms with van der Waals surface area (Å²) in [4.78, 5) is 0. The van der Waals surface area contributed by atoms with Crippen LogP contribution in [0.2, 0.25) is 0 Å². The Bertz CT molecular complexity index is 111. The van der Waals surface area contributed by atoms with Crippen molar-refractivity contribution in [2.24, 2.45) is 11.8 Å². The predicted molar refractivity (Wildman–Crippen MR) is 44.8 cm³/mol. The van der Waals surface area contributed by atoms with E-state index in [9.17, 15) is 5.11 Å². The topological polar surface area (TPSA) is 49.5 Å². The van der Waals surface area contributed by atoms with Crippen LogP contribution in [0.15, 0.2) is 0 Å². The van der Waals surface area contributed by atoms with Crippen molar-refractivity contribution in [3.05, 3.63) is 0 Å². The summed E-state index contributed by atoms with van der Waals surface area (Å²) in [5, 5.41) is 11.2. The van der Waals surface area contributed by atoms with Crippen LogP contribution in [-0.4, -0.2) is 29.8 Å². The monoisotopic (exact) mass is 158 g/mol. The molecule has 0 aromatic carbocycles. The minimum Gasteiger partial charge on any atom is -0.391 e. The van der Waals surface area contributed by atoms with Crippen molar-refractivity contribution < 1.29 is 5.11 Å². The van der Waals surface area contributed by atoms with E-state index in [2.05, 4.69) is 0 Å². The van der Waals surface area contributed by atoms with Gasteiger partial charge in [0.15, 0.2) is 0 Å². The summed E-state index contributed by atoms with van der Waals surface area (Å²) in [6, 6.07) is 0. The van der Waals surface area contributed by atoms with Crippen molar-refractivity contribution in [3.63, 3.8) is 0 Å². The van der Waals surface area contributed by atoms with E-state index in [1.165, 1.54) is 25.7 Å². The molecule has 1 aliphatic rings. The molecule has 0 heterocycles. The Kier molecular flexibility index (Phi) is 3.30. The van der Waals surface area contributed by atoms with Gasteiger partial charge in [-0.2, -0.15) is 0 Å². The standard InChI is InChI=1S/C8H18N2O/c1-10(9)6-8(11)7-4-2-3-5-7/h7-8,11H,2-6,9H2,1H3. The van der Waals surface area contributed by atoms with E-state index in [-0.39, 0.29) is 6.10 Å². The Morgan fingerprint density at radius 3 is 2.55 bits per heavy atom. The van der Waals surface area contributed by atoms with Gasteiger partial charge in [0.05, 0.1) is 6.10 Å². The molecule has 1 unspecified atom stereocenters. The molecule has 1 aliphatic carbocycles. The van der Waals surface area contributed by atoms with Crippen LogP contribution in [0, 0.1) is 5.92 Å². The van der Waals surface area contributed by atoms with Crippen LogP contribution < -0.4 is 5.84 Å². The van der Waals surface area contributed by atoms with E-state index in [1.54, 1.807) is 12.1 Å². The molecular weight excluding hydrogens is 140 g/mol. The third-order valence-corrected chi connectivity index (χ3v) is 2.42. The van der Waals surface area contributed by atoms with Crippen LogP contribution in [0.4, 0.5) is 0 Å². The number of hydrazine groups is 1. The third-order valence-electron chi connectivity index (χ3n) is 2.42. The molecule has 0 amide bonds. The Balaban J connectivity index is 2.22. The van der Waals surface area contributed by atoms with Gasteiger partial charge in [-0.25, -0.2) is 5.01 Å². The fraction of sp³-hybridized carbons (Fsp3) is 1.00. The van der Waals surface area contributed by atoms with Gasteiger partial charge in [0.1, 0.15) is 0 Å². The molecule has 3 heteroatoms. The lowest BCUT2D eigenvalue weighted by molar-refractivity contribution is 0.0749. The fourth-order valence-corrected chi connectivity index (χ4v) is 1.79. The van der Waals surface area contributed by atoms with Crippen LogP contribution in [0.1, 0.15) is 25.7 Å². The maximum atomic E-state index is 9.60. The smallest absolute Gasteiger partial charge is 0.0709 e. The van der Waals surface area contributed by atoms with E-state index < -0.39 is 0 Å². The highest BCUT2D eigenvalue weighted by molar-refractivity contribution is 4.75. The lowest BCUT2D eigenvalue weighted by Gasteiger charge is -2.20. The van der Waals surface area contributed by atoms with Crippen LogP contribution >= 0.6 is 0 Å². The molecule has 1 rings (SSSR count). The first-order valence-corrected chi connectivity index (χ1v) is 4.34. The zero-order valence-corrected chi connectivity index (χ0v) is 7.16. The summed E-state index contributed by atoms with van der Waals surface area (Å²) in [6.07, 6.45) is 4.68. The van der Waals surface area contributed by atoms with E-state index in [0.29, 0.717) is 12.5 Å². The van der Waals surface area contributed by atoms with Crippen molar-refractivity contribution >= 4 is 0 Å². The summed E-state index contributed by atoms with van der Waals surface area (Å²) in [5.41, 5.74) is 0. The van der Waals surface area contributed by atoms with E-state index >= 15 is 0 Å². The van der Waals surface area contributed by atoms with E-state index in [0.717, 1.165) is 0 Å². The molecule has 0 saturated heterocycles. The Morgan fingerprint density at radius 2 is 2.09 bits per heavy atom. The number of aliphatic hydroxyl groups is 1. The number of hydrogen-bond acceptors (Lipinski definition) is 3. The Hall–Kier alpha value is -0.120. The summed E-state index contributed by atoms with van der Waals surface area (Å²) in [6.45, 7) is 0.602. The number of rotatable bonds is 3. The van der Waals surface area contributed by atoms with Crippen LogP contribution in [0.25, 0.3) is 0 Å². The third kappa shape index (κ3) is 2.77. The molecule has 0 spiro atoms. The summed E-state index contributed by atoms with van der Waals surface area (Å²) in [5.74, 6) is 5.94. The number of nitrogens with two attached hydrogens (primary N) is 1. The van der Waals surface area contributed by atoms with Crippen LogP contribution in [0.3, 0.4) is 0 Å². The van der Waals surface area contributed by atoms with Gasteiger partial charge in [-0.3, -0.25) is 5.84 Å². The molecular formula is C8H18N2O. The van der Waals surface area contributed by atoms with E-state index in [4.69, 9.17) is 5.84 Å². The highest BCUT2D eigenvalue weighted by Gasteiger charge is 2.23. The average molecular weight is 158 g/mol. The molecule has 0 aliphatic heterocycles. The predicted octanol–water partition coefficient (Wildman–Crippen LogP) is 0.343. The number of hydrogen-bond donors (Lipinski definition) is 2. The Labute approximate surface area is 68.2 Å². The molecule has 3 nitrogen and oxygen atoms in total. The lowest BCUT2D eigenvalue weighted by Crippen LogP contribution is -2.37. The van der Waals surface area contributed by atoms with Crippen LogP contribution in [-0.2, 0) is 0 Å². The molecule has 1 atom stereocenters. The second kappa shape index (κ2) is 4.04. The van der Waals surface area contributed by atoms with Gasteiger partial charge in [-0.15, -0.1) is 0 Å².